The number of thiazole rings is 1. The van der Waals surface area contributed by atoms with Crippen LogP contribution in [0.1, 0.15) is 12.5 Å². The van der Waals surface area contributed by atoms with Gasteiger partial charge < -0.3 is 14.6 Å². The average molecular weight is 369 g/mol. The summed E-state index contributed by atoms with van der Waals surface area (Å²) in [6, 6.07) is 12.8. The molecule has 2 N–H and O–H groups in total. The zero-order valence-corrected chi connectivity index (χ0v) is 15.3. The van der Waals surface area contributed by atoms with Gasteiger partial charge in [0.25, 0.3) is 0 Å². The van der Waals surface area contributed by atoms with Crippen LogP contribution in [0.25, 0.3) is 11.3 Å². The van der Waals surface area contributed by atoms with E-state index in [1.807, 2.05) is 36.6 Å². The summed E-state index contributed by atoms with van der Waals surface area (Å²) >= 11 is 1.47. The molecule has 0 spiro atoms. The Labute approximate surface area is 155 Å². The summed E-state index contributed by atoms with van der Waals surface area (Å²) in [4.78, 5) is 4.52. The highest BCUT2D eigenvalue weighted by molar-refractivity contribution is 7.14. The third-order valence-electron chi connectivity index (χ3n) is 3.53. The van der Waals surface area contributed by atoms with Crippen molar-refractivity contribution in [3.8, 4) is 28.5 Å². The lowest BCUT2D eigenvalue weighted by atomic mass is 10.2. The predicted octanol–water partition coefficient (Wildman–Crippen LogP) is 4.37. The van der Waals surface area contributed by atoms with E-state index in [1.165, 1.54) is 11.3 Å². The lowest BCUT2D eigenvalue weighted by Crippen LogP contribution is -1.94. The number of hydrogen-bond acceptors (Lipinski definition) is 7. The van der Waals surface area contributed by atoms with Crippen LogP contribution >= 0.6 is 11.3 Å². The summed E-state index contributed by atoms with van der Waals surface area (Å²) < 4.78 is 10.6. The zero-order valence-electron chi connectivity index (χ0n) is 14.5. The van der Waals surface area contributed by atoms with Crippen LogP contribution in [0.2, 0.25) is 0 Å². The van der Waals surface area contributed by atoms with Gasteiger partial charge in [-0.1, -0.05) is 12.1 Å². The smallest absolute Gasteiger partial charge is 0.203 e. The van der Waals surface area contributed by atoms with Crippen molar-refractivity contribution >= 4 is 22.7 Å². The molecular weight excluding hydrogens is 350 g/mol. The molecule has 134 valence electrons. The minimum atomic E-state index is 0.111. The lowest BCUT2D eigenvalue weighted by molar-refractivity contribution is 0.318. The van der Waals surface area contributed by atoms with Crippen LogP contribution in [-0.2, 0) is 0 Å². The van der Waals surface area contributed by atoms with E-state index >= 15 is 0 Å². The zero-order chi connectivity index (χ0) is 18.4. The first-order valence-corrected chi connectivity index (χ1v) is 8.92. The molecule has 0 bridgehead atoms. The molecule has 0 unspecified atom stereocenters. The van der Waals surface area contributed by atoms with E-state index in [1.54, 1.807) is 31.5 Å². The molecule has 26 heavy (non-hydrogen) atoms. The van der Waals surface area contributed by atoms with Crippen LogP contribution in [-0.4, -0.2) is 30.0 Å². The molecule has 1 aromatic heterocycles. The van der Waals surface area contributed by atoms with Crippen LogP contribution in [0.5, 0.6) is 17.2 Å². The third-order valence-corrected chi connectivity index (χ3v) is 4.27. The molecule has 0 aliphatic rings. The molecule has 3 aromatic rings. The maximum Gasteiger partial charge on any atom is 0.203 e. The van der Waals surface area contributed by atoms with Crippen molar-refractivity contribution in [3.05, 3.63) is 53.4 Å². The Bertz CT molecular complexity index is 909. The summed E-state index contributed by atoms with van der Waals surface area (Å²) in [5, 5.41) is 16.6. The number of hydrazone groups is 1. The van der Waals surface area contributed by atoms with Gasteiger partial charge in [-0.2, -0.15) is 5.10 Å². The molecule has 0 atom stereocenters. The van der Waals surface area contributed by atoms with Gasteiger partial charge in [-0.25, -0.2) is 4.98 Å². The minimum Gasteiger partial charge on any atom is -0.504 e. The van der Waals surface area contributed by atoms with Gasteiger partial charge in [-0.05, 0) is 42.8 Å². The van der Waals surface area contributed by atoms with Crippen molar-refractivity contribution in [2.24, 2.45) is 5.10 Å². The summed E-state index contributed by atoms with van der Waals surface area (Å²) in [6.45, 7) is 2.35. The minimum absolute atomic E-state index is 0.111. The highest BCUT2D eigenvalue weighted by Crippen LogP contribution is 2.28. The third kappa shape index (κ3) is 4.31. The molecule has 0 fully saturated rings. The fourth-order valence-corrected chi connectivity index (χ4v) is 2.95. The number of aromatic nitrogens is 1. The monoisotopic (exact) mass is 369 g/mol. The van der Waals surface area contributed by atoms with Crippen molar-refractivity contribution in [1.82, 2.24) is 4.98 Å². The summed E-state index contributed by atoms with van der Waals surface area (Å²) in [6.07, 6.45) is 1.65. The fraction of sp³-hybridized carbons (Fsp3) is 0.158. The van der Waals surface area contributed by atoms with Gasteiger partial charge in [-0.3, -0.25) is 5.43 Å². The second-order valence-electron chi connectivity index (χ2n) is 5.30. The number of nitrogens with one attached hydrogen (secondary N) is 1. The Kier molecular flexibility index (Phi) is 5.70. The van der Waals surface area contributed by atoms with E-state index in [4.69, 9.17) is 9.47 Å². The van der Waals surface area contributed by atoms with Crippen LogP contribution in [0.3, 0.4) is 0 Å². The molecule has 7 heteroatoms. The Morgan fingerprint density at radius 2 is 2.15 bits per heavy atom. The lowest BCUT2D eigenvalue weighted by Gasteiger charge is -2.05. The number of anilines is 1. The maximum atomic E-state index is 9.72. The molecule has 6 nitrogen and oxygen atoms in total. The van der Waals surface area contributed by atoms with Gasteiger partial charge in [0.2, 0.25) is 5.13 Å². The molecule has 3 rings (SSSR count). The van der Waals surface area contributed by atoms with Gasteiger partial charge in [0.05, 0.1) is 25.6 Å². The molecule has 0 amide bonds. The first kappa shape index (κ1) is 17.8. The Balaban J connectivity index is 1.68. The van der Waals surface area contributed by atoms with E-state index in [0.29, 0.717) is 17.5 Å². The quantitative estimate of drug-likeness (QED) is 0.478. The molecule has 0 saturated carbocycles. The maximum absolute atomic E-state index is 9.72. The summed E-state index contributed by atoms with van der Waals surface area (Å²) in [5.41, 5.74) is 5.57. The molecule has 0 aliphatic heterocycles. The number of phenols is 1. The van der Waals surface area contributed by atoms with Crippen molar-refractivity contribution in [1.29, 1.82) is 0 Å². The van der Waals surface area contributed by atoms with Crippen LogP contribution in [0.15, 0.2) is 52.9 Å². The highest BCUT2D eigenvalue weighted by atomic mass is 32.1. The number of rotatable bonds is 7. The number of phenolic OH excluding ortho intramolecular Hbond substituents is 1. The average Bonchev–Trinajstić information content (AvgIpc) is 3.13. The standard InChI is InChI=1S/C19H19N3O3S/c1-3-25-18-9-13(7-8-17(18)23)11-20-22-19-21-16(12-26-19)14-5-4-6-15(10-14)24-2/h4-12,23H,3H2,1-2H3,(H,21,22)/b20-11-. The molecule has 0 saturated heterocycles. The topological polar surface area (TPSA) is 76.0 Å². The SMILES string of the molecule is CCOc1cc(/C=N\Nc2nc(-c3cccc(OC)c3)cs2)ccc1O. The largest absolute Gasteiger partial charge is 0.504 e. The Hall–Kier alpha value is -3.06. The predicted molar refractivity (Wildman–Crippen MR) is 105 cm³/mol. The molecule has 2 aromatic carbocycles. The summed E-state index contributed by atoms with van der Waals surface area (Å²) in [7, 11) is 1.64. The van der Waals surface area contributed by atoms with E-state index in [9.17, 15) is 5.11 Å². The first-order chi connectivity index (χ1) is 12.7. The first-order valence-electron chi connectivity index (χ1n) is 8.04. The number of ether oxygens (including phenoxy) is 2. The van der Waals surface area contributed by atoms with E-state index in [-0.39, 0.29) is 5.75 Å². The Morgan fingerprint density at radius 1 is 1.27 bits per heavy atom. The van der Waals surface area contributed by atoms with Crippen LogP contribution in [0.4, 0.5) is 5.13 Å². The normalized spacial score (nSPS) is 10.8. The van der Waals surface area contributed by atoms with E-state index in [2.05, 4.69) is 15.5 Å². The number of nitrogens with zero attached hydrogens (tertiary/aromatic N) is 2. The van der Waals surface area contributed by atoms with Crippen LogP contribution in [0, 0.1) is 0 Å². The fourth-order valence-electron chi connectivity index (χ4n) is 2.28. The van der Waals surface area contributed by atoms with Crippen LogP contribution < -0.4 is 14.9 Å². The van der Waals surface area contributed by atoms with Crippen molar-refractivity contribution in [2.45, 2.75) is 6.92 Å². The van der Waals surface area contributed by atoms with E-state index < -0.39 is 0 Å². The molecule has 0 aliphatic carbocycles. The number of hydrogen-bond donors (Lipinski definition) is 2. The molecular formula is C19H19N3O3S. The van der Waals surface area contributed by atoms with Gasteiger partial charge in [0.1, 0.15) is 5.75 Å². The van der Waals surface area contributed by atoms with E-state index in [0.717, 1.165) is 22.6 Å². The van der Waals surface area contributed by atoms with Crippen molar-refractivity contribution in [3.63, 3.8) is 0 Å². The second-order valence-corrected chi connectivity index (χ2v) is 6.16. The van der Waals surface area contributed by atoms with Gasteiger partial charge >= 0.3 is 0 Å². The molecule has 0 radical (unpaired) electrons. The summed E-state index contributed by atoms with van der Waals surface area (Å²) in [5.74, 6) is 1.34. The number of methoxy groups -OCH3 is 1. The Morgan fingerprint density at radius 3 is 2.96 bits per heavy atom. The van der Waals surface area contributed by atoms with Gasteiger partial charge in [-0.15, -0.1) is 11.3 Å². The molecule has 1 heterocycles. The second kappa shape index (κ2) is 8.35. The number of aromatic hydroxyl groups is 1. The number of benzene rings is 2. The van der Waals surface area contributed by atoms with Gasteiger partial charge in [0, 0.05) is 10.9 Å². The highest BCUT2D eigenvalue weighted by Gasteiger charge is 2.05. The van der Waals surface area contributed by atoms with Crippen molar-refractivity contribution in [2.75, 3.05) is 19.1 Å². The van der Waals surface area contributed by atoms with Gasteiger partial charge in [0.15, 0.2) is 11.5 Å². The van der Waals surface area contributed by atoms with Crippen molar-refractivity contribution < 1.29 is 14.6 Å².